The molecule has 9 heteroatoms. The predicted molar refractivity (Wildman–Crippen MR) is 98.2 cm³/mol. The second kappa shape index (κ2) is 8.51. The van der Waals surface area contributed by atoms with E-state index in [4.69, 9.17) is 23.2 Å². The lowest BCUT2D eigenvalue weighted by atomic mass is 10.2. The van der Waals surface area contributed by atoms with Gasteiger partial charge in [-0.1, -0.05) is 29.6 Å². The third-order valence-corrected chi connectivity index (χ3v) is 4.76. The summed E-state index contributed by atoms with van der Waals surface area (Å²) in [5.74, 6) is 0.965. The normalized spacial score (nSPS) is 13.6. The first kappa shape index (κ1) is 18.7. The summed E-state index contributed by atoms with van der Waals surface area (Å²) in [6, 6.07) is 4.57. The number of hydrogen-bond acceptors (Lipinski definition) is 4. The van der Waals surface area contributed by atoms with Crippen LogP contribution >= 0.6 is 23.2 Å². The highest BCUT2D eigenvalue weighted by Crippen LogP contribution is 2.20. The van der Waals surface area contributed by atoms with E-state index in [-0.39, 0.29) is 29.6 Å². The molecule has 0 fully saturated rings. The Hall–Kier alpha value is -2.12. The van der Waals surface area contributed by atoms with Crippen LogP contribution in [0.15, 0.2) is 18.2 Å². The lowest BCUT2D eigenvalue weighted by Crippen LogP contribution is -2.37. The summed E-state index contributed by atoms with van der Waals surface area (Å²) in [4.78, 5) is 24.1. The smallest absolute Gasteiger partial charge is 0.253 e. The zero-order chi connectivity index (χ0) is 18.5. The van der Waals surface area contributed by atoms with Gasteiger partial charge in [0.2, 0.25) is 5.91 Å². The Labute approximate surface area is 161 Å². The van der Waals surface area contributed by atoms with Gasteiger partial charge in [-0.15, -0.1) is 10.2 Å². The first-order chi connectivity index (χ1) is 12.5. The number of fused-ring (bicyclic) bond motifs is 1. The molecule has 0 unspecified atom stereocenters. The number of rotatable bonds is 5. The third-order valence-electron chi connectivity index (χ3n) is 4.22. The minimum absolute atomic E-state index is 0.154. The number of benzene rings is 1. The van der Waals surface area contributed by atoms with Crippen molar-refractivity contribution >= 4 is 35.0 Å². The summed E-state index contributed by atoms with van der Waals surface area (Å²) in [5.41, 5.74) is 0.270. The van der Waals surface area contributed by atoms with E-state index in [0.717, 1.165) is 37.5 Å². The Morgan fingerprint density at radius 2 is 1.96 bits per heavy atom. The maximum atomic E-state index is 12.1. The van der Waals surface area contributed by atoms with Crippen LogP contribution in [0.3, 0.4) is 0 Å². The van der Waals surface area contributed by atoms with E-state index in [1.165, 1.54) is 18.6 Å². The van der Waals surface area contributed by atoms with Crippen molar-refractivity contribution < 1.29 is 9.59 Å². The Kier molecular flexibility index (Phi) is 6.11. The Balaban J connectivity index is 1.50. The van der Waals surface area contributed by atoms with Gasteiger partial charge in [0, 0.05) is 18.0 Å². The molecule has 7 nitrogen and oxygen atoms in total. The summed E-state index contributed by atoms with van der Waals surface area (Å²) in [6.45, 7) is 1.00. The molecule has 3 rings (SSSR count). The van der Waals surface area contributed by atoms with E-state index < -0.39 is 5.91 Å². The number of carbonyl (C=O) groups excluding carboxylic acids is 2. The zero-order valence-electron chi connectivity index (χ0n) is 14.1. The van der Waals surface area contributed by atoms with Crippen molar-refractivity contribution in [3.05, 3.63) is 45.5 Å². The standard InChI is InChI=1S/C17H19Cl2N5O2/c18-11-5-6-12(13(19)8-11)17(26)21-10-16(25)20-9-15-23-22-14-4-2-1-3-7-24(14)15/h5-6,8H,1-4,7,9-10H2,(H,20,25)(H,21,26). The molecular weight excluding hydrogens is 377 g/mol. The maximum Gasteiger partial charge on any atom is 0.253 e. The Bertz CT molecular complexity index is 821. The molecule has 1 aromatic heterocycles. The summed E-state index contributed by atoms with van der Waals surface area (Å²) in [5, 5.41) is 14.3. The van der Waals surface area contributed by atoms with E-state index in [2.05, 4.69) is 25.4 Å². The van der Waals surface area contributed by atoms with E-state index in [1.807, 2.05) is 0 Å². The van der Waals surface area contributed by atoms with Crippen molar-refractivity contribution in [2.75, 3.05) is 6.54 Å². The highest BCUT2D eigenvalue weighted by molar-refractivity contribution is 6.36. The van der Waals surface area contributed by atoms with Crippen LogP contribution in [0.4, 0.5) is 0 Å². The molecule has 1 aliphatic rings. The third kappa shape index (κ3) is 4.53. The molecule has 0 aliphatic carbocycles. The monoisotopic (exact) mass is 395 g/mol. The first-order valence-corrected chi connectivity index (χ1v) is 9.21. The molecule has 0 spiro atoms. The van der Waals surface area contributed by atoms with Crippen molar-refractivity contribution in [3.63, 3.8) is 0 Å². The van der Waals surface area contributed by atoms with Crippen LogP contribution in [-0.4, -0.2) is 33.1 Å². The summed E-state index contributed by atoms with van der Waals surface area (Å²) < 4.78 is 2.07. The van der Waals surface area contributed by atoms with Crippen molar-refractivity contribution in [3.8, 4) is 0 Å². The number of aromatic nitrogens is 3. The van der Waals surface area contributed by atoms with E-state index in [1.54, 1.807) is 6.07 Å². The van der Waals surface area contributed by atoms with Crippen LogP contribution < -0.4 is 10.6 Å². The molecular formula is C17H19Cl2N5O2. The molecule has 0 bridgehead atoms. The van der Waals surface area contributed by atoms with Crippen LogP contribution in [0.5, 0.6) is 0 Å². The Morgan fingerprint density at radius 1 is 1.12 bits per heavy atom. The van der Waals surface area contributed by atoms with Gasteiger partial charge < -0.3 is 15.2 Å². The van der Waals surface area contributed by atoms with E-state index in [9.17, 15) is 9.59 Å². The van der Waals surface area contributed by atoms with Crippen molar-refractivity contribution in [2.45, 2.75) is 38.8 Å². The average Bonchev–Trinajstić information content (AvgIpc) is 2.84. The maximum absolute atomic E-state index is 12.1. The van der Waals surface area contributed by atoms with E-state index >= 15 is 0 Å². The molecule has 0 atom stereocenters. The van der Waals surface area contributed by atoms with Crippen molar-refractivity contribution in [1.82, 2.24) is 25.4 Å². The molecule has 2 aromatic rings. The van der Waals surface area contributed by atoms with Gasteiger partial charge in [0.1, 0.15) is 5.82 Å². The van der Waals surface area contributed by atoms with Gasteiger partial charge in [-0.25, -0.2) is 0 Å². The average molecular weight is 396 g/mol. The quantitative estimate of drug-likeness (QED) is 0.812. The fourth-order valence-electron chi connectivity index (χ4n) is 2.85. The largest absolute Gasteiger partial charge is 0.347 e. The molecule has 0 radical (unpaired) electrons. The minimum Gasteiger partial charge on any atom is -0.347 e. The first-order valence-electron chi connectivity index (χ1n) is 8.45. The molecule has 0 saturated carbocycles. The number of nitrogens with one attached hydrogen (secondary N) is 2. The van der Waals surface area contributed by atoms with Gasteiger partial charge in [-0.2, -0.15) is 0 Å². The number of hydrogen-bond donors (Lipinski definition) is 2. The minimum atomic E-state index is -0.432. The van der Waals surface area contributed by atoms with Gasteiger partial charge in [0.25, 0.3) is 5.91 Å². The fraction of sp³-hybridized carbons (Fsp3) is 0.412. The number of nitrogens with zero attached hydrogens (tertiary/aromatic N) is 3. The second-order valence-corrected chi connectivity index (χ2v) is 6.92. The van der Waals surface area contributed by atoms with Crippen molar-refractivity contribution in [1.29, 1.82) is 0 Å². The van der Waals surface area contributed by atoms with Gasteiger partial charge >= 0.3 is 0 Å². The van der Waals surface area contributed by atoms with Gasteiger partial charge in [-0.3, -0.25) is 9.59 Å². The number of halogens is 2. The lowest BCUT2D eigenvalue weighted by Gasteiger charge is -2.09. The lowest BCUT2D eigenvalue weighted by molar-refractivity contribution is -0.120. The summed E-state index contributed by atoms with van der Waals surface area (Å²) in [7, 11) is 0. The van der Waals surface area contributed by atoms with Crippen LogP contribution in [0.2, 0.25) is 10.0 Å². The predicted octanol–water partition coefficient (Wildman–Crippen LogP) is 2.36. The number of carbonyl (C=O) groups is 2. The van der Waals surface area contributed by atoms with Crippen LogP contribution in [-0.2, 0) is 24.3 Å². The zero-order valence-corrected chi connectivity index (χ0v) is 15.6. The summed E-state index contributed by atoms with van der Waals surface area (Å²) >= 11 is 11.8. The topological polar surface area (TPSA) is 88.9 Å². The highest BCUT2D eigenvalue weighted by Gasteiger charge is 2.16. The van der Waals surface area contributed by atoms with Crippen molar-refractivity contribution in [2.24, 2.45) is 0 Å². The van der Waals surface area contributed by atoms with Crippen LogP contribution in [0, 0.1) is 0 Å². The van der Waals surface area contributed by atoms with Crippen LogP contribution in [0.25, 0.3) is 0 Å². The molecule has 1 aliphatic heterocycles. The van der Waals surface area contributed by atoms with E-state index in [0.29, 0.717) is 5.02 Å². The van der Waals surface area contributed by atoms with Gasteiger partial charge in [-0.05, 0) is 31.0 Å². The molecule has 0 saturated heterocycles. The molecule has 2 N–H and O–H groups in total. The molecule has 138 valence electrons. The highest BCUT2D eigenvalue weighted by atomic mass is 35.5. The molecule has 26 heavy (non-hydrogen) atoms. The molecule has 2 amide bonds. The van der Waals surface area contributed by atoms with Gasteiger partial charge in [0.05, 0.1) is 23.7 Å². The molecule has 1 aromatic carbocycles. The Morgan fingerprint density at radius 3 is 2.77 bits per heavy atom. The summed E-state index contributed by atoms with van der Waals surface area (Å²) in [6.07, 6.45) is 4.29. The number of aryl methyl sites for hydroxylation is 1. The second-order valence-electron chi connectivity index (χ2n) is 6.08. The fourth-order valence-corrected chi connectivity index (χ4v) is 3.34. The van der Waals surface area contributed by atoms with Crippen LogP contribution in [0.1, 0.15) is 41.3 Å². The van der Waals surface area contributed by atoms with Gasteiger partial charge in [0.15, 0.2) is 5.82 Å². The number of amides is 2. The molecule has 2 heterocycles. The SMILES string of the molecule is O=C(CNC(=O)c1ccc(Cl)cc1Cl)NCc1nnc2n1CCCCC2.